The number of thiophene rings is 1. The largest absolute Gasteiger partial charge is 0.462 e. The first-order valence-corrected chi connectivity index (χ1v) is 12.8. The number of esters is 1. The lowest BCUT2D eigenvalue weighted by molar-refractivity contribution is -0.136. The van der Waals surface area contributed by atoms with Crippen LogP contribution in [0.1, 0.15) is 60.3 Å². The van der Waals surface area contributed by atoms with Crippen molar-refractivity contribution in [2.24, 2.45) is 5.92 Å². The van der Waals surface area contributed by atoms with Crippen LogP contribution in [0.2, 0.25) is 0 Å². The van der Waals surface area contributed by atoms with E-state index in [1.165, 1.54) is 11.3 Å². The fraction of sp³-hybridized carbons (Fsp3) is 0.462. The molecule has 1 saturated heterocycles. The number of nitrogens with zero attached hydrogens (tertiary/aromatic N) is 1. The van der Waals surface area contributed by atoms with Crippen molar-refractivity contribution in [2.45, 2.75) is 58.9 Å². The lowest BCUT2D eigenvalue weighted by atomic mass is 9.73. The number of benzene rings is 1. The fourth-order valence-electron chi connectivity index (χ4n) is 5.05. The van der Waals surface area contributed by atoms with Gasteiger partial charge in [-0.25, -0.2) is 9.59 Å². The molecular weight excluding hydrogens is 466 g/mol. The van der Waals surface area contributed by atoms with E-state index in [9.17, 15) is 19.2 Å². The van der Waals surface area contributed by atoms with Gasteiger partial charge >= 0.3 is 12.0 Å². The Balaban J connectivity index is 1.59. The van der Waals surface area contributed by atoms with E-state index >= 15 is 0 Å². The van der Waals surface area contributed by atoms with Crippen LogP contribution in [0.4, 0.5) is 9.80 Å². The molecule has 0 bridgehead atoms. The van der Waals surface area contributed by atoms with Crippen molar-refractivity contribution in [3.63, 3.8) is 0 Å². The van der Waals surface area contributed by atoms with Crippen molar-refractivity contribution in [3.8, 4) is 11.1 Å². The second-order valence-corrected chi connectivity index (χ2v) is 10.5. The van der Waals surface area contributed by atoms with Crippen molar-refractivity contribution < 1.29 is 23.9 Å². The van der Waals surface area contributed by atoms with Gasteiger partial charge < -0.3 is 15.4 Å². The molecule has 2 N–H and O–H groups in total. The Bertz CT molecular complexity index is 1170. The minimum absolute atomic E-state index is 0.00758. The molecule has 1 aromatic carbocycles. The Morgan fingerprint density at radius 2 is 1.91 bits per heavy atom. The van der Waals surface area contributed by atoms with Crippen molar-refractivity contribution >= 4 is 40.2 Å². The van der Waals surface area contributed by atoms with Crippen LogP contribution < -0.4 is 10.6 Å². The summed E-state index contributed by atoms with van der Waals surface area (Å²) in [5.41, 5.74) is 1.99. The van der Waals surface area contributed by atoms with Gasteiger partial charge in [0.05, 0.1) is 6.61 Å². The number of hydrogen-bond acceptors (Lipinski definition) is 6. The molecule has 9 heteroatoms. The molecule has 2 aliphatic rings. The normalized spacial score (nSPS) is 21.8. The van der Waals surface area contributed by atoms with Crippen LogP contribution in [0, 0.1) is 19.8 Å². The second-order valence-electron chi connectivity index (χ2n) is 9.31. The number of carbonyl (C=O) groups is 4. The molecule has 0 radical (unpaired) electrons. The molecule has 4 rings (SSSR count). The summed E-state index contributed by atoms with van der Waals surface area (Å²) in [5, 5.41) is 5.97. The van der Waals surface area contributed by atoms with Crippen molar-refractivity contribution in [1.29, 1.82) is 0 Å². The summed E-state index contributed by atoms with van der Waals surface area (Å²) in [6.45, 7) is 7.32. The maximum atomic E-state index is 13.2. The predicted octanol–water partition coefficient (Wildman–Crippen LogP) is 4.65. The molecule has 186 valence electrons. The molecule has 8 nitrogen and oxygen atoms in total. The molecule has 35 heavy (non-hydrogen) atoms. The van der Waals surface area contributed by atoms with E-state index in [2.05, 4.69) is 10.6 Å². The zero-order chi connectivity index (χ0) is 25.3. The summed E-state index contributed by atoms with van der Waals surface area (Å²) in [7, 11) is 0. The van der Waals surface area contributed by atoms with Crippen LogP contribution in [-0.4, -0.2) is 47.4 Å². The van der Waals surface area contributed by atoms with Gasteiger partial charge in [-0.2, -0.15) is 0 Å². The molecule has 2 heterocycles. The third-order valence-electron chi connectivity index (χ3n) is 6.96. The third-order valence-corrected chi connectivity index (χ3v) is 7.98. The van der Waals surface area contributed by atoms with Crippen molar-refractivity contribution in [1.82, 2.24) is 10.2 Å². The number of imide groups is 1. The molecule has 1 aliphatic heterocycles. The summed E-state index contributed by atoms with van der Waals surface area (Å²) in [5.74, 6) is -1.42. The SMILES string of the molecule is CCOC(=O)c1c(NC(=O)CN2C(=O)NC3(CCCCC3C)C2=O)sc(C)c1-c1ccc(C)cc1. The van der Waals surface area contributed by atoms with Gasteiger partial charge in [0, 0.05) is 10.4 Å². The number of anilines is 1. The van der Waals surface area contributed by atoms with Gasteiger partial charge in [-0.3, -0.25) is 14.5 Å². The first kappa shape index (κ1) is 24.9. The molecule has 4 amide bonds. The Morgan fingerprint density at radius 1 is 1.20 bits per heavy atom. The van der Waals surface area contributed by atoms with Crippen LogP contribution >= 0.6 is 11.3 Å². The van der Waals surface area contributed by atoms with Crippen molar-refractivity contribution in [3.05, 3.63) is 40.3 Å². The van der Waals surface area contributed by atoms with E-state index in [4.69, 9.17) is 4.74 Å². The Kier molecular flexibility index (Phi) is 6.98. The van der Waals surface area contributed by atoms with E-state index in [1.807, 2.05) is 45.0 Å². The standard InChI is InChI=1S/C26H31N3O5S/c1-5-34-23(31)21-20(18-11-9-15(2)10-12-18)17(4)35-22(21)27-19(30)14-29-24(32)26(28-25(29)33)13-7-6-8-16(26)3/h9-12,16H,5-8,13-14H2,1-4H3,(H,27,30)(H,28,33). The summed E-state index contributed by atoms with van der Waals surface area (Å²) in [4.78, 5) is 53.6. The summed E-state index contributed by atoms with van der Waals surface area (Å²) in [6.07, 6.45) is 3.30. The van der Waals surface area contributed by atoms with Crippen LogP contribution in [0.25, 0.3) is 11.1 Å². The van der Waals surface area contributed by atoms with E-state index in [0.29, 0.717) is 17.0 Å². The van der Waals surface area contributed by atoms with Crippen molar-refractivity contribution in [2.75, 3.05) is 18.5 Å². The third kappa shape index (κ3) is 4.57. The highest BCUT2D eigenvalue weighted by Gasteiger charge is 2.55. The second kappa shape index (κ2) is 9.81. The summed E-state index contributed by atoms with van der Waals surface area (Å²) in [6, 6.07) is 7.22. The average Bonchev–Trinajstić information content (AvgIpc) is 3.25. The fourth-order valence-corrected chi connectivity index (χ4v) is 6.13. The van der Waals surface area contributed by atoms with E-state index < -0.39 is 30.0 Å². The maximum Gasteiger partial charge on any atom is 0.341 e. The minimum Gasteiger partial charge on any atom is -0.462 e. The molecule has 1 saturated carbocycles. The van der Waals surface area contributed by atoms with Crippen LogP contribution in [0.15, 0.2) is 24.3 Å². The van der Waals surface area contributed by atoms with E-state index in [0.717, 1.165) is 40.2 Å². The monoisotopic (exact) mass is 497 g/mol. The zero-order valence-corrected chi connectivity index (χ0v) is 21.3. The van der Waals surface area contributed by atoms with E-state index in [-0.39, 0.29) is 24.0 Å². The van der Waals surface area contributed by atoms with Crippen LogP contribution in [0.5, 0.6) is 0 Å². The number of amides is 4. The van der Waals surface area contributed by atoms with Gasteiger partial charge in [0.25, 0.3) is 5.91 Å². The number of nitrogens with one attached hydrogen (secondary N) is 2. The number of rotatable bonds is 6. The van der Waals surface area contributed by atoms with Crippen LogP contribution in [0.3, 0.4) is 0 Å². The van der Waals surface area contributed by atoms with E-state index in [1.54, 1.807) is 6.92 Å². The molecule has 2 fully saturated rings. The molecule has 1 aliphatic carbocycles. The molecule has 1 aromatic heterocycles. The van der Waals surface area contributed by atoms with Gasteiger partial charge in [-0.15, -0.1) is 11.3 Å². The average molecular weight is 498 g/mol. The van der Waals surface area contributed by atoms with Gasteiger partial charge in [-0.1, -0.05) is 49.6 Å². The highest BCUT2D eigenvalue weighted by atomic mass is 32.1. The van der Waals surface area contributed by atoms with Gasteiger partial charge in [0.15, 0.2) is 0 Å². The lowest BCUT2D eigenvalue weighted by Gasteiger charge is -2.36. The topological polar surface area (TPSA) is 105 Å². The summed E-state index contributed by atoms with van der Waals surface area (Å²) >= 11 is 1.27. The Labute approximate surface area is 209 Å². The predicted molar refractivity (Wildman–Crippen MR) is 134 cm³/mol. The number of urea groups is 1. The number of hydrogen-bond donors (Lipinski definition) is 2. The number of aryl methyl sites for hydroxylation is 2. The first-order valence-electron chi connectivity index (χ1n) is 12.0. The highest BCUT2D eigenvalue weighted by Crippen LogP contribution is 2.41. The molecule has 2 atom stereocenters. The molecule has 1 spiro atoms. The minimum atomic E-state index is -0.927. The Morgan fingerprint density at radius 3 is 2.57 bits per heavy atom. The van der Waals surface area contributed by atoms with Gasteiger partial charge in [0.1, 0.15) is 22.6 Å². The zero-order valence-electron chi connectivity index (χ0n) is 20.5. The number of ether oxygens (including phenoxy) is 1. The first-order chi connectivity index (χ1) is 16.7. The highest BCUT2D eigenvalue weighted by molar-refractivity contribution is 7.17. The number of carbonyl (C=O) groups excluding carboxylic acids is 4. The smallest absolute Gasteiger partial charge is 0.341 e. The molecule has 2 unspecified atom stereocenters. The lowest BCUT2D eigenvalue weighted by Crippen LogP contribution is -2.54. The summed E-state index contributed by atoms with van der Waals surface area (Å²) < 4.78 is 5.29. The molecular formula is C26H31N3O5S. The van der Waals surface area contributed by atoms with Gasteiger partial charge in [0.2, 0.25) is 5.91 Å². The molecule has 2 aromatic rings. The Hall–Kier alpha value is -3.20. The van der Waals surface area contributed by atoms with Gasteiger partial charge in [-0.05, 0) is 45.1 Å². The quantitative estimate of drug-likeness (QED) is 0.447. The maximum absolute atomic E-state index is 13.2. The van der Waals surface area contributed by atoms with Crippen LogP contribution in [-0.2, 0) is 14.3 Å².